The molecule has 0 radical (unpaired) electrons. The Morgan fingerprint density at radius 1 is 1.00 bits per heavy atom. The number of halogens is 2. The number of para-hydroxylation sites is 2. The Kier molecular flexibility index (Phi) is 6.01. The van der Waals surface area contributed by atoms with Crippen molar-refractivity contribution in [1.29, 1.82) is 0 Å². The third kappa shape index (κ3) is 4.73. The topological polar surface area (TPSA) is 72.5 Å². The summed E-state index contributed by atoms with van der Waals surface area (Å²) in [6.07, 6.45) is 1.46. The zero-order valence-corrected chi connectivity index (χ0v) is 14.9. The van der Waals surface area contributed by atoms with Crippen LogP contribution in [0.15, 0.2) is 66.9 Å². The molecule has 0 aliphatic carbocycles. The van der Waals surface area contributed by atoms with E-state index in [1.54, 1.807) is 12.1 Å². The van der Waals surface area contributed by atoms with E-state index in [9.17, 15) is 13.6 Å². The molecule has 0 fully saturated rings. The van der Waals surface area contributed by atoms with Gasteiger partial charge in [-0.05, 0) is 36.4 Å². The van der Waals surface area contributed by atoms with Crippen molar-refractivity contribution >= 4 is 23.1 Å². The van der Waals surface area contributed by atoms with Gasteiger partial charge in [-0.15, -0.1) is 0 Å². The average molecular weight is 385 g/mol. The van der Waals surface area contributed by atoms with Crippen LogP contribution in [0, 0.1) is 0 Å². The fourth-order valence-electron chi connectivity index (χ4n) is 2.48. The van der Waals surface area contributed by atoms with Gasteiger partial charge in [0.2, 0.25) is 0 Å². The summed E-state index contributed by atoms with van der Waals surface area (Å²) < 4.78 is 34.9. The molecule has 0 aliphatic rings. The van der Waals surface area contributed by atoms with Gasteiger partial charge >= 0.3 is 6.61 Å². The van der Waals surface area contributed by atoms with Gasteiger partial charge in [0.1, 0.15) is 5.82 Å². The number of benzene rings is 2. The van der Waals surface area contributed by atoms with E-state index >= 15 is 0 Å². The third-order valence-electron chi connectivity index (χ3n) is 3.72. The number of rotatable bonds is 7. The quantitative estimate of drug-likeness (QED) is 0.617. The van der Waals surface area contributed by atoms with Crippen LogP contribution >= 0.6 is 0 Å². The molecule has 0 aliphatic heterocycles. The highest BCUT2D eigenvalue weighted by molar-refractivity contribution is 6.06. The summed E-state index contributed by atoms with van der Waals surface area (Å²) in [5.41, 5.74) is 1.19. The Hall–Kier alpha value is -3.68. The smallest absolute Gasteiger partial charge is 0.387 e. The summed E-state index contributed by atoms with van der Waals surface area (Å²) in [5, 5.41) is 5.72. The Labute approximate surface area is 160 Å². The summed E-state index contributed by atoms with van der Waals surface area (Å²) in [5.74, 6) is -0.325. The molecule has 28 heavy (non-hydrogen) atoms. The maximum Gasteiger partial charge on any atom is 0.387 e. The molecule has 2 N–H and O–H groups in total. The first kappa shape index (κ1) is 19.1. The van der Waals surface area contributed by atoms with Crippen molar-refractivity contribution in [3.05, 3.63) is 72.4 Å². The zero-order chi connectivity index (χ0) is 19.9. The Bertz CT molecular complexity index is 935. The number of hydrogen-bond acceptors (Lipinski definition) is 5. The van der Waals surface area contributed by atoms with E-state index in [2.05, 4.69) is 20.4 Å². The lowest BCUT2D eigenvalue weighted by molar-refractivity contribution is -0.0515. The van der Waals surface area contributed by atoms with Crippen LogP contribution in [0.2, 0.25) is 0 Å². The fraction of sp³-hybridized carbons (Fsp3) is 0.100. The monoisotopic (exact) mass is 385 g/mol. The molecule has 0 spiro atoms. The normalized spacial score (nSPS) is 10.4. The molecular weight excluding hydrogens is 368 g/mol. The number of alkyl halides is 2. The second-order valence-electron chi connectivity index (χ2n) is 5.59. The first-order valence-corrected chi connectivity index (χ1v) is 8.28. The SMILES string of the molecule is COc1cccc(C(=O)Nc2ccc(Nc3ccccc3)nc2)c1OC(F)F. The number of nitrogens with zero attached hydrogens (tertiary/aromatic N) is 1. The fourth-order valence-corrected chi connectivity index (χ4v) is 2.48. The maximum atomic E-state index is 12.7. The van der Waals surface area contributed by atoms with Gasteiger partial charge in [-0.3, -0.25) is 4.79 Å². The number of carbonyl (C=O) groups is 1. The highest BCUT2D eigenvalue weighted by Crippen LogP contribution is 2.33. The van der Waals surface area contributed by atoms with Crippen molar-refractivity contribution < 1.29 is 23.0 Å². The Balaban J connectivity index is 1.74. The predicted octanol–water partition coefficient (Wildman–Crippen LogP) is 4.69. The van der Waals surface area contributed by atoms with Gasteiger partial charge in [0.05, 0.1) is 24.6 Å². The highest BCUT2D eigenvalue weighted by Gasteiger charge is 2.20. The molecule has 1 aromatic heterocycles. The third-order valence-corrected chi connectivity index (χ3v) is 3.72. The largest absolute Gasteiger partial charge is 0.493 e. The van der Waals surface area contributed by atoms with Crippen molar-refractivity contribution in [2.24, 2.45) is 0 Å². The van der Waals surface area contributed by atoms with E-state index in [4.69, 9.17) is 4.74 Å². The predicted molar refractivity (Wildman–Crippen MR) is 102 cm³/mol. The second kappa shape index (κ2) is 8.81. The molecule has 0 saturated carbocycles. The van der Waals surface area contributed by atoms with Gasteiger partial charge in [-0.25, -0.2) is 4.98 Å². The number of ether oxygens (including phenoxy) is 2. The number of methoxy groups -OCH3 is 1. The van der Waals surface area contributed by atoms with Crippen molar-refractivity contribution in [3.8, 4) is 11.5 Å². The first-order valence-electron chi connectivity index (χ1n) is 8.28. The van der Waals surface area contributed by atoms with Crippen molar-refractivity contribution in [2.45, 2.75) is 6.61 Å². The molecular formula is C20H17F2N3O3. The number of amides is 1. The number of anilines is 3. The summed E-state index contributed by atoms with van der Waals surface area (Å²) in [7, 11) is 1.30. The van der Waals surface area contributed by atoms with Crippen LogP contribution in [0.1, 0.15) is 10.4 Å². The summed E-state index contributed by atoms with van der Waals surface area (Å²) >= 11 is 0. The molecule has 1 heterocycles. The number of pyridine rings is 1. The van der Waals surface area contributed by atoms with Gasteiger partial charge in [0.25, 0.3) is 5.91 Å². The average Bonchev–Trinajstić information content (AvgIpc) is 2.70. The highest BCUT2D eigenvalue weighted by atomic mass is 19.3. The van der Waals surface area contributed by atoms with Crippen molar-refractivity contribution in [1.82, 2.24) is 4.98 Å². The maximum absolute atomic E-state index is 12.7. The second-order valence-corrected chi connectivity index (χ2v) is 5.59. The Morgan fingerprint density at radius 3 is 2.43 bits per heavy atom. The molecule has 144 valence electrons. The van der Waals surface area contributed by atoms with E-state index in [-0.39, 0.29) is 17.1 Å². The van der Waals surface area contributed by atoms with E-state index in [0.717, 1.165) is 5.69 Å². The van der Waals surface area contributed by atoms with E-state index in [0.29, 0.717) is 11.5 Å². The van der Waals surface area contributed by atoms with E-state index in [1.165, 1.54) is 31.5 Å². The van der Waals surface area contributed by atoms with Crippen LogP contribution < -0.4 is 20.1 Å². The van der Waals surface area contributed by atoms with Crippen LogP contribution in [0.4, 0.5) is 26.0 Å². The molecule has 0 bridgehead atoms. The lowest BCUT2D eigenvalue weighted by Crippen LogP contribution is -2.15. The Morgan fingerprint density at radius 2 is 1.79 bits per heavy atom. The minimum atomic E-state index is -3.09. The van der Waals surface area contributed by atoms with Crippen LogP contribution in [0.25, 0.3) is 0 Å². The van der Waals surface area contributed by atoms with E-state index < -0.39 is 12.5 Å². The summed E-state index contributed by atoms with van der Waals surface area (Å²) in [6.45, 7) is -3.09. The van der Waals surface area contributed by atoms with Gasteiger partial charge in [0.15, 0.2) is 11.5 Å². The summed E-state index contributed by atoms with van der Waals surface area (Å²) in [4.78, 5) is 16.7. The lowest BCUT2D eigenvalue weighted by atomic mass is 10.1. The molecule has 3 rings (SSSR count). The van der Waals surface area contributed by atoms with Gasteiger partial charge in [-0.2, -0.15) is 8.78 Å². The zero-order valence-electron chi connectivity index (χ0n) is 14.9. The van der Waals surface area contributed by atoms with Crippen molar-refractivity contribution in [2.75, 3.05) is 17.7 Å². The number of aromatic nitrogens is 1. The molecule has 0 unspecified atom stereocenters. The number of carbonyl (C=O) groups excluding carboxylic acids is 1. The number of nitrogens with one attached hydrogen (secondary N) is 2. The minimum absolute atomic E-state index is 0.0356. The van der Waals surface area contributed by atoms with Gasteiger partial charge in [0, 0.05) is 5.69 Å². The molecule has 0 atom stereocenters. The standard InChI is InChI=1S/C20H17F2N3O3/c1-27-16-9-5-8-15(18(16)28-20(21)22)19(26)25-14-10-11-17(23-12-14)24-13-6-3-2-4-7-13/h2-12,20H,1H3,(H,23,24)(H,25,26). The lowest BCUT2D eigenvalue weighted by Gasteiger charge is -2.14. The van der Waals surface area contributed by atoms with E-state index in [1.807, 2.05) is 30.3 Å². The first-order chi connectivity index (χ1) is 13.6. The summed E-state index contributed by atoms with van der Waals surface area (Å²) in [6, 6.07) is 17.1. The van der Waals surface area contributed by atoms with Gasteiger partial charge < -0.3 is 20.1 Å². The number of hydrogen-bond donors (Lipinski definition) is 2. The van der Waals surface area contributed by atoms with Crippen LogP contribution in [0.3, 0.4) is 0 Å². The van der Waals surface area contributed by atoms with Crippen LogP contribution in [-0.4, -0.2) is 24.6 Å². The molecule has 2 aromatic carbocycles. The molecule has 3 aromatic rings. The molecule has 1 amide bonds. The molecule has 8 heteroatoms. The minimum Gasteiger partial charge on any atom is -0.493 e. The van der Waals surface area contributed by atoms with Crippen LogP contribution in [0.5, 0.6) is 11.5 Å². The van der Waals surface area contributed by atoms with Crippen molar-refractivity contribution in [3.63, 3.8) is 0 Å². The van der Waals surface area contributed by atoms with Crippen LogP contribution in [-0.2, 0) is 0 Å². The molecule has 6 nitrogen and oxygen atoms in total. The molecule has 0 saturated heterocycles. The van der Waals surface area contributed by atoms with Gasteiger partial charge in [-0.1, -0.05) is 24.3 Å².